The standard InChI is InChI=1S/C13H16N6O/c1-8-3-12(19-14)11(7-16-8)13(20)18-6-10-5-15-9(2)4-17-10/h3-5,7H,6,14H2,1-2H3,(H,16,19)(H,18,20). The van der Waals surface area contributed by atoms with Crippen LogP contribution in [0.3, 0.4) is 0 Å². The molecule has 2 heterocycles. The molecular weight excluding hydrogens is 256 g/mol. The first-order valence-electron chi connectivity index (χ1n) is 6.09. The van der Waals surface area contributed by atoms with Gasteiger partial charge in [0.25, 0.3) is 5.91 Å². The number of hydrogen-bond acceptors (Lipinski definition) is 6. The number of aromatic nitrogens is 3. The van der Waals surface area contributed by atoms with Gasteiger partial charge in [0, 0.05) is 18.1 Å². The van der Waals surface area contributed by atoms with Crippen LogP contribution in [0.1, 0.15) is 27.4 Å². The van der Waals surface area contributed by atoms with Crippen molar-refractivity contribution in [3.63, 3.8) is 0 Å². The molecule has 0 saturated carbocycles. The van der Waals surface area contributed by atoms with E-state index < -0.39 is 0 Å². The Bertz CT molecular complexity index is 611. The molecule has 0 aliphatic heterocycles. The lowest BCUT2D eigenvalue weighted by Gasteiger charge is -2.09. The van der Waals surface area contributed by atoms with Gasteiger partial charge in [-0.1, -0.05) is 0 Å². The highest BCUT2D eigenvalue weighted by Gasteiger charge is 2.11. The lowest BCUT2D eigenvalue weighted by Crippen LogP contribution is -2.25. The number of carbonyl (C=O) groups excluding carboxylic acids is 1. The number of amides is 1. The maximum Gasteiger partial charge on any atom is 0.255 e. The summed E-state index contributed by atoms with van der Waals surface area (Å²) in [7, 11) is 0. The van der Waals surface area contributed by atoms with Gasteiger partial charge in [0.1, 0.15) is 0 Å². The Balaban J connectivity index is 2.07. The molecule has 2 rings (SSSR count). The molecule has 7 nitrogen and oxygen atoms in total. The molecule has 0 unspecified atom stereocenters. The first-order chi connectivity index (χ1) is 9.60. The van der Waals surface area contributed by atoms with Crippen molar-refractivity contribution in [2.45, 2.75) is 20.4 Å². The van der Waals surface area contributed by atoms with Crippen LogP contribution in [-0.2, 0) is 6.54 Å². The van der Waals surface area contributed by atoms with Crippen molar-refractivity contribution in [1.82, 2.24) is 20.3 Å². The summed E-state index contributed by atoms with van der Waals surface area (Å²) in [6.07, 6.45) is 4.77. The first-order valence-corrected chi connectivity index (χ1v) is 6.09. The second kappa shape index (κ2) is 6.07. The molecule has 0 atom stereocenters. The van der Waals surface area contributed by atoms with Crippen molar-refractivity contribution in [2.75, 3.05) is 5.43 Å². The van der Waals surface area contributed by atoms with Gasteiger partial charge in [-0.15, -0.1) is 0 Å². The van der Waals surface area contributed by atoms with Crippen molar-refractivity contribution >= 4 is 11.6 Å². The van der Waals surface area contributed by atoms with E-state index in [4.69, 9.17) is 5.84 Å². The van der Waals surface area contributed by atoms with E-state index in [0.717, 1.165) is 11.4 Å². The number of nitrogens with zero attached hydrogens (tertiary/aromatic N) is 3. The summed E-state index contributed by atoms with van der Waals surface area (Å²) in [4.78, 5) is 24.5. The van der Waals surface area contributed by atoms with Gasteiger partial charge in [0.15, 0.2) is 0 Å². The summed E-state index contributed by atoms with van der Waals surface area (Å²) >= 11 is 0. The zero-order chi connectivity index (χ0) is 14.5. The highest BCUT2D eigenvalue weighted by Crippen LogP contribution is 2.14. The number of nitrogens with one attached hydrogen (secondary N) is 2. The smallest absolute Gasteiger partial charge is 0.255 e. The van der Waals surface area contributed by atoms with Crippen molar-refractivity contribution in [3.8, 4) is 0 Å². The predicted molar refractivity (Wildman–Crippen MR) is 74.7 cm³/mol. The Morgan fingerprint density at radius 2 is 1.90 bits per heavy atom. The second-order valence-corrected chi connectivity index (χ2v) is 4.35. The number of pyridine rings is 1. The molecule has 0 fully saturated rings. The Morgan fingerprint density at radius 3 is 2.55 bits per heavy atom. The molecule has 1 amide bonds. The predicted octanol–water partition coefficient (Wildman–Crippen LogP) is 0.704. The summed E-state index contributed by atoms with van der Waals surface area (Å²) in [5.74, 6) is 5.13. The van der Waals surface area contributed by atoms with E-state index in [0.29, 0.717) is 23.5 Å². The van der Waals surface area contributed by atoms with E-state index in [1.54, 1.807) is 18.5 Å². The average molecular weight is 272 g/mol. The summed E-state index contributed by atoms with van der Waals surface area (Å²) in [5.41, 5.74) is 5.71. The minimum Gasteiger partial charge on any atom is -0.346 e. The SMILES string of the molecule is Cc1cnc(CNC(=O)c2cnc(C)cc2NN)cn1. The lowest BCUT2D eigenvalue weighted by atomic mass is 10.2. The number of anilines is 1. The number of nitrogens with two attached hydrogens (primary N) is 1. The Morgan fingerprint density at radius 1 is 1.15 bits per heavy atom. The minimum atomic E-state index is -0.271. The van der Waals surface area contributed by atoms with Gasteiger partial charge in [-0.05, 0) is 19.9 Å². The van der Waals surface area contributed by atoms with Gasteiger partial charge < -0.3 is 10.7 Å². The van der Waals surface area contributed by atoms with Crippen LogP contribution in [-0.4, -0.2) is 20.9 Å². The third-order valence-corrected chi connectivity index (χ3v) is 2.71. The fourth-order valence-corrected chi connectivity index (χ4v) is 1.64. The van der Waals surface area contributed by atoms with Crippen LogP contribution in [0.4, 0.5) is 5.69 Å². The van der Waals surface area contributed by atoms with Gasteiger partial charge in [-0.3, -0.25) is 25.6 Å². The summed E-state index contributed by atoms with van der Waals surface area (Å²) in [6, 6.07) is 1.71. The molecule has 7 heteroatoms. The summed E-state index contributed by atoms with van der Waals surface area (Å²) in [5, 5.41) is 2.75. The largest absolute Gasteiger partial charge is 0.346 e. The molecule has 20 heavy (non-hydrogen) atoms. The molecule has 0 saturated heterocycles. The van der Waals surface area contributed by atoms with E-state index in [-0.39, 0.29) is 5.91 Å². The van der Waals surface area contributed by atoms with E-state index in [1.165, 1.54) is 6.20 Å². The summed E-state index contributed by atoms with van der Waals surface area (Å²) < 4.78 is 0. The Kier molecular flexibility index (Phi) is 4.21. The molecule has 0 bridgehead atoms. The molecule has 0 radical (unpaired) electrons. The molecule has 0 spiro atoms. The van der Waals surface area contributed by atoms with Crippen LogP contribution in [0.15, 0.2) is 24.7 Å². The van der Waals surface area contributed by atoms with E-state index in [9.17, 15) is 4.79 Å². The maximum atomic E-state index is 12.1. The number of nitrogen functional groups attached to an aromatic ring is 1. The zero-order valence-electron chi connectivity index (χ0n) is 11.3. The molecule has 0 aromatic carbocycles. The molecule has 2 aromatic rings. The van der Waals surface area contributed by atoms with Crippen molar-refractivity contribution in [2.24, 2.45) is 5.84 Å². The van der Waals surface area contributed by atoms with Crippen LogP contribution < -0.4 is 16.6 Å². The van der Waals surface area contributed by atoms with Gasteiger partial charge in [0.2, 0.25) is 0 Å². The number of rotatable bonds is 4. The first kappa shape index (κ1) is 13.9. The Labute approximate surface area is 116 Å². The quantitative estimate of drug-likeness (QED) is 0.559. The second-order valence-electron chi connectivity index (χ2n) is 4.35. The van der Waals surface area contributed by atoms with Crippen LogP contribution in [0.5, 0.6) is 0 Å². The zero-order valence-corrected chi connectivity index (χ0v) is 11.3. The topological polar surface area (TPSA) is 106 Å². The van der Waals surface area contributed by atoms with E-state index in [2.05, 4.69) is 25.7 Å². The van der Waals surface area contributed by atoms with Crippen molar-refractivity contribution in [1.29, 1.82) is 0 Å². The van der Waals surface area contributed by atoms with Crippen LogP contribution in [0.25, 0.3) is 0 Å². The number of hydrazine groups is 1. The minimum absolute atomic E-state index is 0.271. The molecule has 0 aliphatic carbocycles. The third-order valence-electron chi connectivity index (χ3n) is 2.71. The van der Waals surface area contributed by atoms with Crippen molar-refractivity contribution < 1.29 is 4.79 Å². The third kappa shape index (κ3) is 3.27. The normalized spacial score (nSPS) is 10.2. The van der Waals surface area contributed by atoms with Crippen molar-refractivity contribution in [3.05, 3.63) is 47.3 Å². The van der Waals surface area contributed by atoms with Crippen LogP contribution >= 0.6 is 0 Å². The van der Waals surface area contributed by atoms with Crippen LogP contribution in [0.2, 0.25) is 0 Å². The lowest BCUT2D eigenvalue weighted by molar-refractivity contribution is 0.0951. The molecule has 2 aromatic heterocycles. The van der Waals surface area contributed by atoms with Crippen LogP contribution in [0, 0.1) is 13.8 Å². The fourth-order valence-electron chi connectivity index (χ4n) is 1.64. The van der Waals surface area contributed by atoms with E-state index in [1.807, 2.05) is 13.8 Å². The highest BCUT2D eigenvalue weighted by molar-refractivity contribution is 5.99. The molecule has 104 valence electrons. The van der Waals surface area contributed by atoms with Gasteiger partial charge in [-0.2, -0.15) is 0 Å². The summed E-state index contributed by atoms with van der Waals surface area (Å²) in [6.45, 7) is 3.97. The highest BCUT2D eigenvalue weighted by atomic mass is 16.1. The molecule has 4 N–H and O–H groups in total. The maximum absolute atomic E-state index is 12.1. The average Bonchev–Trinajstić information content (AvgIpc) is 2.46. The van der Waals surface area contributed by atoms with Gasteiger partial charge in [-0.25, -0.2) is 0 Å². The van der Waals surface area contributed by atoms with Gasteiger partial charge in [0.05, 0.1) is 35.4 Å². The molecule has 0 aliphatic rings. The number of hydrogen-bond donors (Lipinski definition) is 3. The Hall–Kier alpha value is -2.54. The fraction of sp³-hybridized carbons (Fsp3) is 0.231. The van der Waals surface area contributed by atoms with E-state index >= 15 is 0 Å². The monoisotopic (exact) mass is 272 g/mol. The van der Waals surface area contributed by atoms with Gasteiger partial charge >= 0.3 is 0 Å². The number of aryl methyl sites for hydroxylation is 2. The number of carbonyl (C=O) groups is 1. The molecular formula is C13H16N6O.